The lowest BCUT2D eigenvalue weighted by atomic mass is 9.95. The van der Waals surface area contributed by atoms with Crippen LogP contribution in [0.15, 0.2) is 9.98 Å². The predicted molar refractivity (Wildman–Crippen MR) is 63.0 cm³/mol. The van der Waals surface area contributed by atoms with E-state index >= 15 is 0 Å². The minimum Gasteiger partial charge on any atom is -0.340 e. The fourth-order valence-electron chi connectivity index (χ4n) is 2.08. The first-order valence-electron chi connectivity index (χ1n) is 5.28. The third kappa shape index (κ3) is 2.29. The maximum Gasteiger partial charge on any atom is 0.185 e. The highest BCUT2D eigenvalue weighted by molar-refractivity contribution is 8.13. The van der Waals surface area contributed by atoms with Crippen molar-refractivity contribution in [3.63, 3.8) is 0 Å². The van der Waals surface area contributed by atoms with Crippen molar-refractivity contribution >= 4 is 23.3 Å². The highest BCUT2D eigenvalue weighted by Crippen LogP contribution is 2.22. The Morgan fingerprint density at radius 3 is 2.71 bits per heavy atom. The van der Waals surface area contributed by atoms with Crippen LogP contribution in [0.4, 0.5) is 0 Å². The van der Waals surface area contributed by atoms with E-state index in [9.17, 15) is 0 Å². The van der Waals surface area contributed by atoms with Crippen LogP contribution in [0.2, 0.25) is 0 Å². The molecule has 1 aliphatic heterocycles. The van der Waals surface area contributed by atoms with Gasteiger partial charge >= 0.3 is 0 Å². The summed E-state index contributed by atoms with van der Waals surface area (Å²) < 4.78 is 0. The van der Waals surface area contributed by atoms with Crippen LogP contribution in [-0.4, -0.2) is 35.4 Å². The molecule has 0 amide bonds. The molecule has 0 unspecified atom stereocenters. The van der Waals surface area contributed by atoms with Gasteiger partial charge in [0.15, 0.2) is 5.17 Å². The molecule has 78 valence electrons. The van der Waals surface area contributed by atoms with Crippen molar-refractivity contribution in [2.24, 2.45) is 9.98 Å². The van der Waals surface area contributed by atoms with Crippen molar-refractivity contribution in [1.82, 2.24) is 4.90 Å². The largest absolute Gasteiger partial charge is 0.340 e. The number of nitrogens with zero attached hydrogens (tertiary/aromatic N) is 3. The van der Waals surface area contributed by atoms with Crippen molar-refractivity contribution in [2.45, 2.75) is 38.1 Å². The fraction of sp³-hybridized carbons (Fsp3) is 0.800. The van der Waals surface area contributed by atoms with Crippen LogP contribution in [0.25, 0.3) is 0 Å². The van der Waals surface area contributed by atoms with E-state index in [1.165, 1.54) is 32.1 Å². The van der Waals surface area contributed by atoms with E-state index < -0.39 is 0 Å². The van der Waals surface area contributed by atoms with Crippen molar-refractivity contribution in [1.29, 1.82) is 0 Å². The van der Waals surface area contributed by atoms with E-state index in [2.05, 4.69) is 14.9 Å². The van der Waals surface area contributed by atoms with Crippen LogP contribution in [-0.2, 0) is 0 Å². The zero-order valence-electron chi connectivity index (χ0n) is 8.65. The Labute approximate surface area is 89.7 Å². The van der Waals surface area contributed by atoms with E-state index in [0.717, 1.165) is 11.8 Å². The van der Waals surface area contributed by atoms with Crippen LogP contribution in [0.5, 0.6) is 0 Å². The van der Waals surface area contributed by atoms with E-state index in [1.807, 2.05) is 12.6 Å². The molecule has 3 nitrogen and oxygen atoms in total. The van der Waals surface area contributed by atoms with Gasteiger partial charge in [0, 0.05) is 6.04 Å². The summed E-state index contributed by atoms with van der Waals surface area (Å²) in [5, 5.41) is 0.914. The van der Waals surface area contributed by atoms with E-state index in [0.29, 0.717) is 6.04 Å². The van der Waals surface area contributed by atoms with Crippen LogP contribution >= 0.6 is 11.8 Å². The van der Waals surface area contributed by atoms with Gasteiger partial charge in [0.2, 0.25) is 0 Å². The topological polar surface area (TPSA) is 28.0 Å². The van der Waals surface area contributed by atoms with Crippen molar-refractivity contribution in [3.8, 4) is 0 Å². The molecule has 2 aliphatic rings. The van der Waals surface area contributed by atoms with Gasteiger partial charge < -0.3 is 4.90 Å². The molecule has 0 aromatic heterocycles. The first kappa shape index (κ1) is 10.0. The Morgan fingerprint density at radius 2 is 2.14 bits per heavy atom. The molecule has 0 aromatic carbocycles. The van der Waals surface area contributed by atoms with Gasteiger partial charge in [-0.15, -0.1) is 0 Å². The standard InChI is InChI=1S/C10H17N3S/c1-14-10-11-7-13(8-12-10)9-5-3-2-4-6-9/h7,9H,2-6,8H2,1H3. The number of amidine groups is 1. The van der Waals surface area contributed by atoms with Crippen LogP contribution in [0.3, 0.4) is 0 Å². The van der Waals surface area contributed by atoms with Crippen molar-refractivity contribution in [3.05, 3.63) is 0 Å². The molecule has 0 N–H and O–H groups in total. The van der Waals surface area contributed by atoms with Gasteiger partial charge in [0.1, 0.15) is 6.67 Å². The van der Waals surface area contributed by atoms with Gasteiger partial charge in [-0.3, -0.25) is 0 Å². The second-order valence-corrected chi connectivity index (χ2v) is 4.61. The summed E-state index contributed by atoms with van der Waals surface area (Å²) in [4.78, 5) is 11.0. The zero-order chi connectivity index (χ0) is 9.80. The zero-order valence-corrected chi connectivity index (χ0v) is 9.46. The number of rotatable bonds is 1. The average Bonchev–Trinajstić information content (AvgIpc) is 2.30. The van der Waals surface area contributed by atoms with Gasteiger partial charge in [0.05, 0.1) is 6.34 Å². The molecule has 14 heavy (non-hydrogen) atoms. The van der Waals surface area contributed by atoms with Crippen LogP contribution in [0, 0.1) is 0 Å². The maximum atomic E-state index is 4.41. The first-order valence-corrected chi connectivity index (χ1v) is 6.51. The highest BCUT2D eigenvalue weighted by Gasteiger charge is 2.20. The minimum atomic E-state index is 0.694. The third-order valence-corrected chi connectivity index (χ3v) is 3.51. The normalized spacial score (nSPS) is 23.8. The summed E-state index contributed by atoms with van der Waals surface area (Å²) in [5.41, 5.74) is 0. The second-order valence-electron chi connectivity index (χ2n) is 3.84. The summed E-state index contributed by atoms with van der Waals surface area (Å²) in [5.74, 6) is 0. The molecule has 2 rings (SSSR count). The van der Waals surface area contributed by atoms with E-state index in [-0.39, 0.29) is 0 Å². The Hall–Kier alpha value is -0.510. The molecule has 0 atom stereocenters. The van der Waals surface area contributed by atoms with Gasteiger partial charge in [0.25, 0.3) is 0 Å². The Kier molecular flexibility index (Phi) is 3.45. The fourth-order valence-corrected chi connectivity index (χ4v) is 2.42. The van der Waals surface area contributed by atoms with Crippen LogP contribution in [0.1, 0.15) is 32.1 Å². The molecule has 1 saturated carbocycles. The molecule has 0 aromatic rings. The Morgan fingerprint density at radius 1 is 1.36 bits per heavy atom. The van der Waals surface area contributed by atoms with Crippen molar-refractivity contribution < 1.29 is 0 Å². The predicted octanol–water partition coefficient (Wildman–Crippen LogP) is 2.34. The summed E-state index contributed by atoms with van der Waals surface area (Å²) >= 11 is 1.62. The van der Waals surface area contributed by atoms with Crippen molar-refractivity contribution in [2.75, 3.05) is 12.9 Å². The van der Waals surface area contributed by atoms with Gasteiger partial charge in [-0.1, -0.05) is 31.0 Å². The minimum absolute atomic E-state index is 0.694. The summed E-state index contributed by atoms with van der Waals surface area (Å²) in [7, 11) is 0. The molecule has 1 aliphatic carbocycles. The molecule has 0 radical (unpaired) electrons. The lowest BCUT2D eigenvalue weighted by molar-refractivity contribution is 0.253. The van der Waals surface area contributed by atoms with Gasteiger partial charge in [-0.2, -0.15) is 0 Å². The number of hydrogen-bond acceptors (Lipinski definition) is 4. The second kappa shape index (κ2) is 4.82. The molecular weight excluding hydrogens is 194 g/mol. The molecule has 1 heterocycles. The highest BCUT2D eigenvalue weighted by atomic mass is 32.2. The third-order valence-electron chi connectivity index (χ3n) is 2.91. The molecule has 0 bridgehead atoms. The van der Waals surface area contributed by atoms with Gasteiger partial charge in [-0.05, 0) is 19.1 Å². The summed E-state index contributed by atoms with van der Waals surface area (Å²) in [6.07, 6.45) is 10.8. The Bertz CT molecular complexity index is 244. The Balaban J connectivity index is 1.89. The summed E-state index contributed by atoms with van der Waals surface area (Å²) in [6, 6.07) is 0.694. The smallest absolute Gasteiger partial charge is 0.185 e. The summed E-state index contributed by atoms with van der Waals surface area (Å²) in [6.45, 7) is 0.810. The lowest BCUT2D eigenvalue weighted by Crippen LogP contribution is -2.37. The van der Waals surface area contributed by atoms with Crippen LogP contribution < -0.4 is 0 Å². The molecule has 1 fully saturated rings. The SMILES string of the molecule is CSC1=NCN(C2CCCCC2)C=N1. The molecule has 4 heteroatoms. The van der Waals surface area contributed by atoms with E-state index in [1.54, 1.807) is 11.8 Å². The number of aliphatic imine (C=N–C) groups is 2. The maximum absolute atomic E-state index is 4.41. The molecular formula is C10H17N3S. The van der Waals surface area contributed by atoms with Gasteiger partial charge in [-0.25, -0.2) is 9.98 Å². The quantitative estimate of drug-likeness (QED) is 0.666. The first-order chi connectivity index (χ1) is 6.90. The average molecular weight is 211 g/mol. The molecule has 0 saturated heterocycles. The monoisotopic (exact) mass is 211 g/mol. The van der Waals surface area contributed by atoms with E-state index in [4.69, 9.17) is 0 Å². The number of thioether (sulfide) groups is 1. The lowest BCUT2D eigenvalue weighted by Gasteiger charge is -2.32. The number of hydrogen-bond donors (Lipinski definition) is 0. The molecule has 0 spiro atoms.